The van der Waals surface area contributed by atoms with Crippen LogP contribution in [0.3, 0.4) is 0 Å². The summed E-state index contributed by atoms with van der Waals surface area (Å²) in [5.74, 6) is -1.49. The summed E-state index contributed by atoms with van der Waals surface area (Å²) in [6, 6.07) is 16.6. The molecule has 0 amide bonds. The summed E-state index contributed by atoms with van der Waals surface area (Å²) in [6.45, 7) is -2.92. The van der Waals surface area contributed by atoms with Gasteiger partial charge in [0.1, 0.15) is 17.3 Å². The van der Waals surface area contributed by atoms with Crippen LogP contribution in [0.5, 0.6) is 5.75 Å². The van der Waals surface area contributed by atoms with Gasteiger partial charge in [-0.05, 0) is 42.5 Å². The van der Waals surface area contributed by atoms with E-state index in [0.29, 0.717) is 16.1 Å². The summed E-state index contributed by atoms with van der Waals surface area (Å²) < 4.78 is 59.1. The molecule has 0 unspecified atom stereocenters. The highest BCUT2D eigenvalue weighted by atomic mass is 79.9. The Kier molecular flexibility index (Phi) is 7.05. The van der Waals surface area contributed by atoms with Crippen LogP contribution in [-0.4, -0.2) is 17.5 Å². The molecule has 0 atom stereocenters. The molecule has 0 aliphatic rings. The van der Waals surface area contributed by atoms with Crippen molar-refractivity contribution in [2.75, 3.05) is 0 Å². The third-order valence-corrected chi connectivity index (χ3v) is 5.94. The normalized spacial score (nSPS) is 12.1. The van der Waals surface area contributed by atoms with E-state index >= 15 is 0 Å². The SMILES string of the molecule is Fc1ccc(N=c2scc(-c3ccc(OC(F)F)cc3)n2/N=C/c2ccccc2Br)c(F)c1. The van der Waals surface area contributed by atoms with E-state index in [1.54, 1.807) is 23.7 Å². The second-order valence-electron chi connectivity index (χ2n) is 6.59. The first kappa shape index (κ1) is 22.9. The second kappa shape index (κ2) is 10.1. The maximum Gasteiger partial charge on any atom is 0.387 e. The van der Waals surface area contributed by atoms with Gasteiger partial charge in [0.15, 0.2) is 5.82 Å². The van der Waals surface area contributed by atoms with Crippen LogP contribution in [-0.2, 0) is 0 Å². The van der Waals surface area contributed by atoms with Crippen LogP contribution in [0.4, 0.5) is 23.2 Å². The van der Waals surface area contributed by atoms with Gasteiger partial charge in [-0.15, -0.1) is 11.3 Å². The molecule has 0 spiro atoms. The maximum absolute atomic E-state index is 14.2. The lowest BCUT2D eigenvalue weighted by molar-refractivity contribution is -0.0498. The smallest absolute Gasteiger partial charge is 0.387 e. The lowest BCUT2D eigenvalue weighted by atomic mass is 10.2. The van der Waals surface area contributed by atoms with Gasteiger partial charge in [-0.3, -0.25) is 0 Å². The standard InChI is InChI=1S/C23H14BrF4N3OS/c24-18-4-2-1-3-15(18)12-29-31-21(14-5-8-17(9-6-14)32-22(27)28)13-33-23(31)30-20-10-7-16(25)11-19(20)26/h1-13,22H/b29-12+,30-23?. The molecule has 4 rings (SSSR count). The number of nitrogens with zero attached hydrogens (tertiary/aromatic N) is 3. The van der Waals surface area contributed by atoms with Crippen molar-refractivity contribution in [3.63, 3.8) is 0 Å². The van der Waals surface area contributed by atoms with E-state index in [2.05, 4.69) is 30.8 Å². The van der Waals surface area contributed by atoms with Gasteiger partial charge in [-0.1, -0.05) is 34.1 Å². The lowest BCUT2D eigenvalue weighted by Crippen LogP contribution is -2.12. The number of hydrogen-bond donors (Lipinski definition) is 0. The number of benzene rings is 3. The van der Waals surface area contributed by atoms with Crippen molar-refractivity contribution in [3.8, 4) is 17.0 Å². The van der Waals surface area contributed by atoms with Crippen LogP contribution in [0.25, 0.3) is 11.3 Å². The highest BCUT2D eigenvalue weighted by Gasteiger charge is 2.11. The molecule has 0 aliphatic carbocycles. The van der Waals surface area contributed by atoms with Gasteiger partial charge in [-0.25, -0.2) is 18.4 Å². The van der Waals surface area contributed by atoms with Crippen LogP contribution < -0.4 is 9.54 Å². The molecule has 0 N–H and O–H groups in total. The van der Waals surface area contributed by atoms with Crippen LogP contribution in [0.15, 0.2) is 86.7 Å². The van der Waals surface area contributed by atoms with Crippen molar-refractivity contribution < 1.29 is 22.3 Å². The molecule has 0 radical (unpaired) electrons. The minimum Gasteiger partial charge on any atom is -0.435 e. The van der Waals surface area contributed by atoms with Crippen LogP contribution in [0.2, 0.25) is 0 Å². The Morgan fingerprint density at radius 2 is 1.76 bits per heavy atom. The van der Waals surface area contributed by atoms with Gasteiger partial charge < -0.3 is 4.74 Å². The van der Waals surface area contributed by atoms with E-state index in [-0.39, 0.29) is 11.4 Å². The first-order valence-corrected chi connectivity index (χ1v) is 11.1. The highest BCUT2D eigenvalue weighted by Crippen LogP contribution is 2.25. The average Bonchev–Trinajstić information content (AvgIpc) is 3.17. The quantitative estimate of drug-likeness (QED) is 0.194. The summed E-state index contributed by atoms with van der Waals surface area (Å²) in [5.41, 5.74) is 1.99. The van der Waals surface area contributed by atoms with E-state index in [4.69, 9.17) is 0 Å². The predicted octanol–water partition coefficient (Wildman–Crippen LogP) is 6.97. The van der Waals surface area contributed by atoms with Gasteiger partial charge in [-0.2, -0.15) is 13.9 Å². The number of rotatable bonds is 6. The summed E-state index contributed by atoms with van der Waals surface area (Å²) in [7, 11) is 0. The summed E-state index contributed by atoms with van der Waals surface area (Å²) in [4.78, 5) is 4.64. The first-order chi connectivity index (χ1) is 15.9. The molecule has 0 saturated carbocycles. The van der Waals surface area contributed by atoms with Crippen molar-refractivity contribution >= 4 is 39.2 Å². The number of hydrogen-bond acceptors (Lipinski definition) is 4. The number of thiazole rings is 1. The van der Waals surface area contributed by atoms with Crippen molar-refractivity contribution in [2.24, 2.45) is 10.1 Å². The molecule has 1 aromatic heterocycles. The summed E-state index contributed by atoms with van der Waals surface area (Å²) in [6.07, 6.45) is 1.61. The van der Waals surface area contributed by atoms with Gasteiger partial charge in [0.2, 0.25) is 4.80 Å². The van der Waals surface area contributed by atoms with Gasteiger partial charge in [0.25, 0.3) is 0 Å². The molecule has 10 heteroatoms. The minimum atomic E-state index is -2.92. The monoisotopic (exact) mass is 535 g/mol. The summed E-state index contributed by atoms with van der Waals surface area (Å²) >= 11 is 4.65. The fourth-order valence-electron chi connectivity index (χ4n) is 2.87. The molecular formula is C23H14BrF4N3OS. The van der Waals surface area contributed by atoms with Crippen molar-refractivity contribution in [2.45, 2.75) is 6.61 Å². The Morgan fingerprint density at radius 1 is 1.00 bits per heavy atom. The zero-order valence-corrected chi connectivity index (χ0v) is 19.0. The van der Waals surface area contributed by atoms with E-state index < -0.39 is 18.2 Å². The largest absolute Gasteiger partial charge is 0.435 e. The fourth-order valence-corrected chi connectivity index (χ4v) is 4.11. The molecule has 0 saturated heterocycles. The Balaban J connectivity index is 1.82. The number of alkyl halides is 2. The van der Waals surface area contributed by atoms with E-state index in [9.17, 15) is 17.6 Å². The van der Waals surface area contributed by atoms with Crippen molar-refractivity contribution in [1.82, 2.24) is 4.68 Å². The molecule has 33 heavy (non-hydrogen) atoms. The molecule has 3 aromatic carbocycles. The van der Waals surface area contributed by atoms with E-state index in [1.807, 2.05) is 24.3 Å². The molecule has 168 valence electrons. The molecule has 0 bridgehead atoms. The second-order valence-corrected chi connectivity index (χ2v) is 8.28. The zero-order valence-electron chi connectivity index (χ0n) is 16.6. The Labute approximate surface area is 198 Å². The van der Waals surface area contributed by atoms with Gasteiger partial charge >= 0.3 is 6.61 Å². The Morgan fingerprint density at radius 3 is 2.45 bits per heavy atom. The van der Waals surface area contributed by atoms with Crippen molar-refractivity contribution in [1.29, 1.82) is 0 Å². The van der Waals surface area contributed by atoms with E-state index in [0.717, 1.165) is 22.2 Å². The molecule has 4 aromatic rings. The van der Waals surface area contributed by atoms with Gasteiger partial charge in [0.05, 0.1) is 11.9 Å². The molecule has 1 heterocycles. The number of aromatic nitrogens is 1. The van der Waals surface area contributed by atoms with Crippen LogP contribution in [0.1, 0.15) is 5.56 Å². The minimum absolute atomic E-state index is 0.0190. The fraction of sp³-hybridized carbons (Fsp3) is 0.0435. The number of ether oxygens (including phenoxy) is 1. The molecule has 0 fully saturated rings. The van der Waals surface area contributed by atoms with Gasteiger partial charge in [0, 0.05) is 27.0 Å². The maximum atomic E-state index is 14.2. The third-order valence-electron chi connectivity index (χ3n) is 4.40. The highest BCUT2D eigenvalue weighted by molar-refractivity contribution is 9.10. The van der Waals surface area contributed by atoms with Crippen LogP contribution in [0, 0.1) is 11.6 Å². The lowest BCUT2D eigenvalue weighted by Gasteiger charge is -2.07. The average molecular weight is 536 g/mol. The Bertz CT molecular complexity index is 1370. The molecular weight excluding hydrogens is 522 g/mol. The van der Waals surface area contributed by atoms with Crippen LogP contribution >= 0.6 is 27.3 Å². The van der Waals surface area contributed by atoms with E-state index in [1.165, 1.54) is 34.2 Å². The third kappa shape index (κ3) is 5.58. The predicted molar refractivity (Wildman–Crippen MR) is 123 cm³/mol. The molecule has 0 aliphatic heterocycles. The topological polar surface area (TPSA) is 38.9 Å². The summed E-state index contributed by atoms with van der Waals surface area (Å²) in [5, 5.41) is 6.27. The number of halogens is 5. The molecule has 4 nitrogen and oxygen atoms in total. The van der Waals surface area contributed by atoms with Crippen molar-refractivity contribution in [3.05, 3.63) is 98.6 Å². The Hall–Kier alpha value is -3.24. The zero-order chi connectivity index (χ0) is 23.4. The first-order valence-electron chi connectivity index (χ1n) is 9.45.